The molecular formula is C16H16N6O2S2. The van der Waals surface area contributed by atoms with Gasteiger partial charge in [0.15, 0.2) is 10.7 Å². The molecule has 0 radical (unpaired) electrons. The van der Waals surface area contributed by atoms with E-state index < -0.39 is 5.60 Å². The highest BCUT2D eigenvalue weighted by Crippen LogP contribution is 2.33. The topological polar surface area (TPSA) is 94.8 Å². The molecule has 3 heterocycles. The minimum Gasteiger partial charge on any atom is -0.367 e. The lowest BCUT2D eigenvalue weighted by molar-refractivity contribution is -0.134. The van der Waals surface area contributed by atoms with Crippen LogP contribution in [0, 0.1) is 0 Å². The zero-order valence-electron chi connectivity index (χ0n) is 14.0. The van der Waals surface area contributed by atoms with Gasteiger partial charge in [-0.3, -0.25) is 10.1 Å². The average Bonchev–Trinajstić information content (AvgIpc) is 3.42. The third-order valence-electron chi connectivity index (χ3n) is 4.27. The predicted molar refractivity (Wildman–Crippen MR) is 101 cm³/mol. The quantitative estimate of drug-likeness (QED) is 0.716. The Bertz CT molecular complexity index is 905. The van der Waals surface area contributed by atoms with Crippen molar-refractivity contribution in [1.82, 2.24) is 25.2 Å². The number of rotatable bonds is 5. The van der Waals surface area contributed by atoms with Gasteiger partial charge in [0.25, 0.3) is 5.91 Å². The molecule has 8 nitrogen and oxygen atoms in total. The number of hydrogen-bond donors (Lipinski definition) is 1. The standard InChI is InChI=1S/C16H16N6O2S2/c1-24-16(5-6-25-9-16)14(23)19-15-18-13(8-26-15)11-3-2-4-12(7-11)22-10-17-20-21-22/h2-4,7-8,10H,5-6,9H2,1H3,(H,18,19,23). The van der Waals surface area contributed by atoms with Gasteiger partial charge in [0.2, 0.25) is 0 Å². The van der Waals surface area contributed by atoms with Crippen molar-refractivity contribution < 1.29 is 9.53 Å². The minimum atomic E-state index is -0.753. The molecule has 4 rings (SSSR count). The first kappa shape index (κ1) is 17.1. The Morgan fingerprint density at radius 3 is 3.08 bits per heavy atom. The molecule has 2 aromatic heterocycles. The monoisotopic (exact) mass is 388 g/mol. The summed E-state index contributed by atoms with van der Waals surface area (Å²) in [6, 6.07) is 7.73. The maximum absolute atomic E-state index is 12.6. The van der Waals surface area contributed by atoms with Crippen molar-refractivity contribution in [2.75, 3.05) is 23.9 Å². The van der Waals surface area contributed by atoms with Crippen molar-refractivity contribution in [3.63, 3.8) is 0 Å². The number of aromatic nitrogens is 5. The van der Waals surface area contributed by atoms with Gasteiger partial charge in [0, 0.05) is 23.8 Å². The predicted octanol–water partition coefficient (Wildman–Crippen LogP) is 2.25. The Labute approximate surface area is 158 Å². The van der Waals surface area contributed by atoms with Gasteiger partial charge in [0.1, 0.15) is 6.33 Å². The van der Waals surface area contributed by atoms with Crippen molar-refractivity contribution in [2.24, 2.45) is 0 Å². The highest BCUT2D eigenvalue weighted by atomic mass is 32.2. The first-order chi connectivity index (χ1) is 12.7. The van der Waals surface area contributed by atoms with E-state index in [2.05, 4.69) is 25.8 Å². The van der Waals surface area contributed by atoms with E-state index in [1.54, 1.807) is 23.6 Å². The lowest BCUT2D eigenvalue weighted by Crippen LogP contribution is -2.44. The summed E-state index contributed by atoms with van der Waals surface area (Å²) in [5.74, 6) is 1.46. The van der Waals surface area contributed by atoms with Gasteiger partial charge in [0.05, 0.1) is 11.4 Å². The van der Waals surface area contributed by atoms with E-state index in [-0.39, 0.29) is 5.91 Å². The first-order valence-electron chi connectivity index (χ1n) is 7.94. The summed E-state index contributed by atoms with van der Waals surface area (Å²) >= 11 is 3.12. The molecule has 1 unspecified atom stereocenters. The van der Waals surface area contributed by atoms with Crippen LogP contribution in [0.4, 0.5) is 5.13 Å². The van der Waals surface area contributed by atoms with Crippen LogP contribution in [-0.4, -0.2) is 55.3 Å². The maximum atomic E-state index is 12.6. The van der Waals surface area contributed by atoms with Crippen LogP contribution < -0.4 is 5.32 Å². The Hall–Kier alpha value is -2.30. The summed E-state index contributed by atoms with van der Waals surface area (Å²) in [7, 11) is 1.59. The number of tetrazole rings is 1. The van der Waals surface area contributed by atoms with Crippen LogP contribution >= 0.6 is 23.1 Å². The van der Waals surface area contributed by atoms with Crippen molar-refractivity contribution >= 4 is 34.1 Å². The summed E-state index contributed by atoms with van der Waals surface area (Å²) in [5, 5.41) is 16.6. The van der Waals surface area contributed by atoms with Crippen molar-refractivity contribution in [3.05, 3.63) is 36.0 Å². The SMILES string of the molecule is COC1(C(=O)Nc2nc(-c3cccc(-n4cnnn4)c3)cs2)CCSC1. The summed E-state index contributed by atoms with van der Waals surface area (Å²) in [5.41, 5.74) is 1.80. The third-order valence-corrected chi connectivity index (χ3v) is 6.19. The molecule has 10 heteroatoms. The van der Waals surface area contributed by atoms with E-state index in [4.69, 9.17) is 4.74 Å². The third kappa shape index (κ3) is 3.22. The van der Waals surface area contributed by atoms with Crippen LogP contribution in [0.1, 0.15) is 6.42 Å². The van der Waals surface area contributed by atoms with E-state index in [0.29, 0.717) is 17.3 Å². The van der Waals surface area contributed by atoms with Crippen molar-refractivity contribution in [1.29, 1.82) is 0 Å². The lowest BCUT2D eigenvalue weighted by Gasteiger charge is -2.24. The first-order valence-corrected chi connectivity index (χ1v) is 9.97. The Kier molecular flexibility index (Phi) is 4.70. The molecule has 1 N–H and O–H groups in total. The Morgan fingerprint density at radius 1 is 1.42 bits per heavy atom. The molecule has 0 saturated carbocycles. The van der Waals surface area contributed by atoms with Gasteiger partial charge < -0.3 is 4.74 Å². The molecule has 1 aliphatic rings. The zero-order chi connectivity index (χ0) is 18.0. The normalized spacial score (nSPS) is 19.6. The van der Waals surface area contributed by atoms with Crippen LogP contribution in [0.3, 0.4) is 0 Å². The van der Waals surface area contributed by atoms with Crippen LogP contribution in [-0.2, 0) is 9.53 Å². The number of ether oxygens (including phenoxy) is 1. The molecule has 0 spiro atoms. The highest BCUT2D eigenvalue weighted by molar-refractivity contribution is 7.99. The molecule has 1 atom stereocenters. The average molecular weight is 388 g/mol. The fourth-order valence-corrected chi connectivity index (χ4v) is 4.80. The summed E-state index contributed by atoms with van der Waals surface area (Å²) in [6.07, 6.45) is 2.25. The second-order valence-electron chi connectivity index (χ2n) is 5.80. The molecule has 3 aromatic rings. The molecule has 0 bridgehead atoms. The lowest BCUT2D eigenvalue weighted by atomic mass is 10.0. The Balaban J connectivity index is 1.53. The molecule has 1 aliphatic heterocycles. The van der Waals surface area contributed by atoms with Gasteiger partial charge in [-0.15, -0.1) is 16.4 Å². The molecule has 26 heavy (non-hydrogen) atoms. The van der Waals surface area contributed by atoms with Gasteiger partial charge in [-0.2, -0.15) is 11.8 Å². The number of carbonyl (C=O) groups is 1. The van der Waals surface area contributed by atoms with Crippen LogP contribution in [0.25, 0.3) is 16.9 Å². The van der Waals surface area contributed by atoms with E-state index >= 15 is 0 Å². The van der Waals surface area contributed by atoms with E-state index in [1.807, 2.05) is 29.6 Å². The molecular weight excluding hydrogens is 372 g/mol. The molecule has 1 amide bonds. The maximum Gasteiger partial charge on any atom is 0.259 e. The van der Waals surface area contributed by atoms with Gasteiger partial charge in [-0.05, 0) is 34.7 Å². The minimum absolute atomic E-state index is 0.131. The second kappa shape index (κ2) is 7.14. The van der Waals surface area contributed by atoms with Gasteiger partial charge >= 0.3 is 0 Å². The van der Waals surface area contributed by atoms with E-state index in [9.17, 15) is 4.79 Å². The number of amides is 1. The molecule has 0 aliphatic carbocycles. The number of nitrogens with zero attached hydrogens (tertiary/aromatic N) is 5. The molecule has 1 aromatic carbocycles. The number of hydrogen-bond acceptors (Lipinski definition) is 8. The Morgan fingerprint density at radius 2 is 2.35 bits per heavy atom. The summed E-state index contributed by atoms with van der Waals surface area (Å²) in [6.45, 7) is 0. The number of methoxy groups -OCH3 is 1. The number of thiazole rings is 1. The zero-order valence-corrected chi connectivity index (χ0v) is 15.6. The number of carbonyl (C=O) groups excluding carboxylic acids is 1. The number of thioether (sulfide) groups is 1. The van der Waals surface area contributed by atoms with Crippen LogP contribution in [0.15, 0.2) is 36.0 Å². The van der Waals surface area contributed by atoms with Crippen molar-refractivity contribution in [2.45, 2.75) is 12.0 Å². The summed E-state index contributed by atoms with van der Waals surface area (Å²) in [4.78, 5) is 17.2. The smallest absolute Gasteiger partial charge is 0.259 e. The number of nitrogens with one attached hydrogen (secondary N) is 1. The molecule has 134 valence electrons. The van der Waals surface area contributed by atoms with E-state index in [0.717, 1.165) is 22.7 Å². The van der Waals surface area contributed by atoms with E-state index in [1.165, 1.54) is 17.7 Å². The van der Waals surface area contributed by atoms with Crippen molar-refractivity contribution in [3.8, 4) is 16.9 Å². The summed E-state index contributed by atoms with van der Waals surface area (Å²) < 4.78 is 7.09. The fraction of sp³-hybridized carbons (Fsp3) is 0.312. The van der Waals surface area contributed by atoms with Crippen LogP contribution in [0.2, 0.25) is 0 Å². The number of benzene rings is 1. The van der Waals surface area contributed by atoms with Crippen LogP contribution in [0.5, 0.6) is 0 Å². The van der Waals surface area contributed by atoms with Gasteiger partial charge in [-0.1, -0.05) is 12.1 Å². The second-order valence-corrected chi connectivity index (χ2v) is 7.76. The largest absolute Gasteiger partial charge is 0.367 e. The molecule has 1 saturated heterocycles. The molecule has 1 fully saturated rings. The fourth-order valence-electron chi connectivity index (χ4n) is 2.74. The van der Waals surface area contributed by atoms with Gasteiger partial charge in [-0.25, -0.2) is 9.67 Å². The highest BCUT2D eigenvalue weighted by Gasteiger charge is 2.42. The number of anilines is 1.